The summed E-state index contributed by atoms with van der Waals surface area (Å²) in [5.41, 5.74) is 7.47. The number of aromatic hydroxyl groups is 2. The van der Waals surface area contributed by atoms with Crippen LogP contribution in [0, 0.1) is 0 Å². The minimum atomic E-state index is -0.199. The van der Waals surface area contributed by atoms with E-state index in [1.807, 2.05) is 12.1 Å². The lowest BCUT2D eigenvalue weighted by Gasteiger charge is -2.33. The van der Waals surface area contributed by atoms with Gasteiger partial charge in [-0.25, -0.2) is 0 Å². The van der Waals surface area contributed by atoms with Crippen LogP contribution in [0.5, 0.6) is 11.5 Å². The molecule has 184 valence electrons. The first-order valence-electron chi connectivity index (χ1n) is 13.5. The molecule has 0 aliphatic heterocycles. The molecule has 0 heterocycles. The zero-order valence-corrected chi connectivity index (χ0v) is 22.2. The van der Waals surface area contributed by atoms with Gasteiger partial charge in [-0.3, -0.25) is 0 Å². The normalized spacial score (nSPS) is 11.8. The van der Waals surface area contributed by atoms with E-state index < -0.39 is 0 Å². The highest BCUT2D eigenvalue weighted by Gasteiger charge is 2.31. The third kappa shape index (κ3) is 6.55. The van der Waals surface area contributed by atoms with Gasteiger partial charge in [-0.05, 0) is 96.9 Å². The highest BCUT2D eigenvalue weighted by Crippen LogP contribution is 2.42. The van der Waals surface area contributed by atoms with Crippen LogP contribution in [-0.2, 0) is 31.1 Å². The lowest BCUT2D eigenvalue weighted by Crippen LogP contribution is -2.24. The second kappa shape index (κ2) is 13.1. The molecular formula is C31H48O2. The van der Waals surface area contributed by atoms with Crippen LogP contribution < -0.4 is 0 Å². The zero-order valence-electron chi connectivity index (χ0n) is 22.2. The summed E-state index contributed by atoms with van der Waals surface area (Å²) in [6.07, 6.45) is 12.9. The quantitative estimate of drug-likeness (QED) is 0.300. The van der Waals surface area contributed by atoms with E-state index in [-0.39, 0.29) is 5.41 Å². The maximum atomic E-state index is 10.8. The fourth-order valence-corrected chi connectivity index (χ4v) is 5.22. The van der Waals surface area contributed by atoms with Gasteiger partial charge in [0, 0.05) is 5.41 Å². The first kappa shape index (κ1) is 27.3. The fraction of sp³-hybridized carbons (Fsp3) is 0.613. The molecule has 0 unspecified atom stereocenters. The summed E-state index contributed by atoms with van der Waals surface area (Å²) < 4.78 is 0. The van der Waals surface area contributed by atoms with E-state index in [0.717, 1.165) is 88.2 Å². The molecule has 0 aromatic heterocycles. The largest absolute Gasteiger partial charge is 0.508 e. The lowest BCUT2D eigenvalue weighted by atomic mass is 9.71. The molecule has 0 aliphatic rings. The minimum absolute atomic E-state index is 0.199. The molecule has 2 aromatic rings. The van der Waals surface area contributed by atoms with Crippen LogP contribution in [0.15, 0.2) is 24.3 Å². The predicted octanol–water partition coefficient (Wildman–Crippen LogP) is 8.79. The molecule has 0 saturated heterocycles. The van der Waals surface area contributed by atoms with Gasteiger partial charge in [-0.15, -0.1) is 0 Å². The summed E-state index contributed by atoms with van der Waals surface area (Å²) in [4.78, 5) is 0. The Morgan fingerprint density at radius 3 is 1.12 bits per heavy atom. The van der Waals surface area contributed by atoms with E-state index >= 15 is 0 Å². The van der Waals surface area contributed by atoms with Gasteiger partial charge in [-0.2, -0.15) is 0 Å². The van der Waals surface area contributed by atoms with E-state index in [4.69, 9.17) is 0 Å². The Balaban J connectivity index is 2.71. The molecule has 2 nitrogen and oxygen atoms in total. The SMILES string of the molecule is CCCCc1c(O)ccc(C(C)(C)c2ccc(O)c(CCCC)c2CCCC)c1CCCC. The second-order valence-corrected chi connectivity index (χ2v) is 10.2. The molecule has 0 saturated carbocycles. The Kier molecular flexibility index (Phi) is 10.8. The Morgan fingerprint density at radius 2 is 0.818 bits per heavy atom. The monoisotopic (exact) mass is 452 g/mol. The van der Waals surface area contributed by atoms with E-state index in [1.54, 1.807) is 0 Å². The topological polar surface area (TPSA) is 40.5 Å². The standard InChI is InChI=1S/C31H48O2/c1-7-11-15-23-25(17-13-9-3)29(32)21-19-27(23)31(5,6)28-20-22-30(33)26(18-14-10-4)24(28)16-12-8-2/h19-22,32-33H,7-18H2,1-6H3. The number of phenols is 2. The van der Waals surface area contributed by atoms with Crippen molar-refractivity contribution in [1.29, 1.82) is 0 Å². The van der Waals surface area contributed by atoms with Crippen molar-refractivity contribution in [3.8, 4) is 11.5 Å². The van der Waals surface area contributed by atoms with Gasteiger partial charge in [0.1, 0.15) is 11.5 Å². The number of hydrogen-bond acceptors (Lipinski definition) is 2. The van der Waals surface area contributed by atoms with Crippen LogP contribution in [0.1, 0.15) is 126 Å². The Morgan fingerprint density at radius 1 is 0.515 bits per heavy atom. The van der Waals surface area contributed by atoms with Crippen molar-refractivity contribution in [2.24, 2.45) is 0 Å². The minimum Gasteiger partial charge on any atom is -0.508 e. The number of hydrogen-bond donors (Lipinski definition) is 2. The smallest absolute Gasteiger partial charge is 0.119 e. The molecule has 0 atom stereocenters. The number of unbranched alkanes of at least 4 members (excludes halogenated alkanes) is 4. The zero-order chi connectivity index (χ0) is 24.4. The highest BCUT2D eigenvalue weighted by atomic mass is 16.3. The van der Waals surface area contributed by atoms with Crippen LogP contribution in [0.25, 0.3) is 0 Å². The van der Waals surface area contributed by atoms with Crippen molar-refractivity contribution < 1.29 is 10.2 Å². The number of benzene rings is 2. The van der Waals surface area contributed by atoms with Crippen LogP contribution >= 0.6 is 0 Å². The molecule has 2 rings (SSSR count). The average molecular weight is 453 g/mol. The van der Waals surface area contributed by atoms with Crippen molar-refractivity contribution in [2.45, 2.75) is 124 Å². The summed E-state index contributed by atoms with van der Waals surface area (Å²) in [6, 6.07) is 8.17. The van der Waals surface area contributed by atoms with Gasteiger partial charge in [0.2, 0.25) is 0 Å². The summed E-state index contributed by atoms with van der Waals surface area (Å²) in [5.74, 6) is 0.907. The Bertz CT molecular complexity index is 807. The van der Waals surface area contributed by atoms with Crippen molar-refractivity contribution in [3.05, 3.63) is 57.6 Å². The van der Waals surface area contributed by atoms with Crippen LogP contribution in [0.4, 0.5) is 0 Å². The molecule has 0 bridgehead atoms. The third-order valence-corrected chi connectivity index (χ3v) is 7.28. The van der Waals surface area contributed by atoms with E-state index in [1.165, 1.54) is 22.3 Å². The fourth-order valence-electron chi connectivity index (χ4n) is 5.22. The molecule has 0 aliphatic carbocycles. The summed E-state index contributed by atoms with van der Waals surface area (Å²) >= 11 is 0. The van der Waals surface area contributed by atoms with Gasteiger partial charge in [0.15, 0.2) is 0 Å². The number of rotatable bonds is 14. The van der Waals surface area contributed by atoms with Crippen LogP contribution in [0.2, 0.25) is 0 Å². The van der Waals surface area contributed by atoms with Gasteiger partial charge in [0.05, 0.1) is 0 Å². The van der Waals surface area contributed by atoms with Crippen molar-refractivity contribution in [1.82, 2.24) is 0 Å². The van der Waals surface area contributed by atoms with E-state index in [0.29, 0.717) is 11.5 Å². The Hall–Kier alpha value is -1.96. The summed E-state index contributed by atoms with van der Waals surface area (Å²) in [7, 11) is 0. The van der Waals surface area contributed by atoms with Crippen LogP contribution in [0.3, 0.4) is 0 Å². The van der Waals surface area contributed by atoms with Gasteiger partial charge in [0.25, 0.3) is 0 Å². The summed E-state index contributed by atoms with van der Waals surface area (Å²) in [6.45, 7) is 13.6. The molecule has 0 amide bonds. The molecule has 0 fully saturated rings. The molecule has 33 heavy (non-hydrogen) atoms. The van der Waals surface area contributed by atoms with Gasteiger partial charge < -0.3 is 10.2 Å². The molecular weight excluding hydrogens is 404 g/mol. The maximum absolute atomic E-state index is 10.8. The van der Waals surface area contributed by atoms with Crippen molar-refractivity contribution >= 4 is 0 Å². The maximum Gasteiger partial charge on any atom is 0.119 e. The van der Waals surface area contributed by atoms with Crippen LogP contribution in [-0.4, -0.2) is 10.2 Å². The van der Waals surface area contributed by atoms with Gasteiger partial charge in [-0.1, -0.05) is 79.4 Å². The van der Waals surface area contributed by atoms with E-state index in [2.05, 4.69) is 53.7 Å². The van der Waals surface area contributed by atoms with Gasteiger partial charge >= 0.3 is 0 Å². The molecule has 2 aromatic carbocycles. The molecule has 2 N–H and O–H groups in total. The molecule has 2 heteroatoms. The lowest BCUT2D eigenvalue weighted by molar-refractivity contribution is 0.462. The van der Waals surface area contributed by atoms with Crippen molar-refractivity contribution in [3.63, 3.8) is 0 Å². The molecule has 0 spiro atoms. The first-order chi connectivity index (χ1) is 15.8. The first-order valence-corrected chi connectivity index (χ1v) is 13.5. The Labute approximate surface area is 203 Å². The predicted molar refractivity (Wildman–Crippen MR) is 143 cm³/mol. The third-order valence-electron chi connectivity index (χ3n) is 7.28. The second-order valence-electron chi connectivity index (χ2n) is 10.2. The molecule has 0 radical (unpaired) electrons. The summed E-state index contributed by atoms with van der Waals surface area (Å²) in [5, 5.41) is 21.6. The average Bonchev–Trinajstić information content (AvgIpc) is 2.79. The van der Waals surface area contributed by atoms with E-state index in [9.17, 15) is 10.2 Å². The van der Waals surface area contributed by atoms with Crippen molar-refractivity contribution in [2.75, 3.05) is 0 Å². The highest BCUT2D eigenvalue weighted by molar-refractivity contribution is 5.55. The number of phenolic OH excluding ortho intramolecular Hbond substituents is 2.